The van der Waals surface area contributed by atoms with E-state index in [9.17, 15) is 0 Å². The van der Waals surface area contributed by atoms with Crippen molar-refractivity contribution in [2.75, 3.05) is 4.90 Å². The number of anilines is 3. The van der Waals surface area contributed by atoms with Gasteiger partial charge in [0.05, 0.1) is 18.1 Å². The summed E-state index contributed by atoms with van der Waals surface area (Å²) >= 11 is 3.68. The molecule has 0 aliphatic rings. The van der Waals surface area contributed by atoms with Gasteiger partial charge < -0.3 is 4.90 Å². The molecule has 5 heteroatoms. The first kappa shape index (κ1) is 26.1. The Labute approximate surface area is 268 Å². The topological polar surface area (TPSA) is 29.0 Å². The summed E-state index contributed by atoms with van der Waals surface area (Å²) in [6.07, 6.45) is 3.86. The number of aromatic nitrogens is 2. The van der Waals surface area contributed by atoms with E-state index in [1.54, 1.807) is 0 Å². The average molecular weight is 612 g/mol. The van der Waals surface area contributed by atoms with Gasteiger partial charge in [0, 0.05) is 57.3 Å². The Bertz CT molecular complexity index is 2480. The number of benzene rings is 6. The van der Waals surface area contributed by atoms with Gasteiger partial charge in [0.25, 0.3) is 0 Å². The van der Waals surface area contributed by atoms with Crippen molar-refractivity contribution in [3.8, 4) is 22.5 Å². The molecular formula is C40H25N3S2. The first-order chi connectivity index (χ1) is 22.3. The van der Waals surface area contributed by atoms with Crippen LogP contribution >= 0.6 is 22.7 Å². The monoisotopic (exact) mass is 611 g/mol. The normalized spacial score (nSPS) is 11.6. The quantitative estimate of drug-likeness (QED) is 0.194. The van der Waals surface area contributed by atoms with Crippen molar-refractivity contribution < 1.29 is 0 Å². The second-order valence-electron chi connectivity index (χ2n) is 11.1. The lowest BCUT2D eigenvalue weighted by Crippen LogP contribution is -2.10. The molecule has 0 N–H and O–H groups in total. The fourth-order valence-electron chi connectivity index (χ4n) is 6.24. The maximum Gasteiger partial charge on any atom is 0.159 e. The van der Waals surface area contributed by atoms with Crippen LogP contribution in [0.2, 0.25) is 0 Å². The van der Waals surface area contributed by atoms with Crippen molar-refractivity contribution in [1.82, 2.24) is 9.97 Å². The van der Waals surface area contributed by atoms with Gasteiger partial charge in [-0.05, 0) is 65.7 Å². The van der Waals surface area contributed by atoms with Gasteiger partial charge in [-0.25, -0.2) is 9.97 Å². The van der Waals surface area contributed by atoms with E-state index in [2.05, 4.69) is 138 Å². The highest BCUT2D eigenvalue weighted by molar-refractivity contribution is 7.26. The Morgan fingerprint density at radius 3 is 1.80 bits per heavy atom. The summed E-state index contributed by atoms with van der Waals surface area (Å²) in [5.41, 5.74) is 6.49. The van der Waals surface area contributed by atoms with Gasteiger partial charge in [0.15, 0.2) is 5.82 Å². The van der Waals surface area contributed by atoms with Crippen LogP contribution in [0, 0.1) is 0 Å². The summed E-state index contributed by atoms with van der Waals surface area (Å²) in [4.78, 5) is 11.9. The van der Waals surface area contributed by atoms with E-state index >= 15 is 0 Å². The summed E-state index contributed by atoms with van der Waals surface area (Å²) in [6.45, 7) is 0. The number of hydrogen-bond donors (Lipinski definition) is 0. The Hall–Kier alpha value is -5.36. The predicted molar refractivity (Wildman–Crippen MR) is 193 cm³/mol. The van der Waals surface area contributed by atoms with E-state index in [1.807, 2.05) is 41.1 Å². The summed E-state index contributed by atoms with van der Waals surface area (Å²) < 4.78 is 5.22. The molecule has 0 saturated carbocycles. The van der Waals surface area contributed by atoms with Gasteiger partial charge in [-0.1, -0.05) is 84.9 Å². The molecule has 0 aliphatic heterocycles. The molecule has 0 radical (unpaired) electrons. The zero-order chi connectivity index (χ0) is 29.7. The first-order valence-corrected chi connectivity index (χ1v) is 16.5. The van der Waals surface area contributed by atoms with E-state index < -0.39 is 0 Å². The van der Waals surface area contributed by atoms with E-state index in [0.717, 1.165) is 28.5 Å². The van der Waals surface area contributed by atoms with Crippen LogP contribution in [0.1, 0.15) is 0 Å². The van der Waals surface area contributed by atoms with E-state index in [1.165, 1.54) is 51.5 Å². The molecule has 0 amide bonds. The minimum atomic E-state index is 0.718. The molecule has 3 nitrogen and oxygen atoms in total. The molecule has 45 heavy (non-hydrogen) atoms. The molecule has 0 unspecified atom stereocenters. The van der Waals surface area contributed by atoms with Gasteiger partial charge in [0.2, 0.25) is 0 Å². The lowest BCUT2D eigenvalue weighted by Gasteiger charge is -2.25. The molecule has 9 aromatic rings. The van der Waals surface area contributed by atoms with Crippen LogP contribution in [0.3, 0.4) is 0 Å². The highest BCUT2D eigenvalue weighted by Gasteiger charge is 2.16. The lowest BCUT2D eigenvalue weighted by molar-refractivity contribution is 1.14. The summed E-state index contributed by atoms with van der Waals surface area (Å²) in [5.74, 6) is 0.718. The zero-order valence-electron chi connectivity index (χ0n) is 24.1. The Balaban J connectivity index is 1.09. The van der Waals surface area contributed by atoms with Gasteiger partial charge in [-0.15, -0.1) is 22.7 Å². The number of hydrogen-bond acceptors (Lipinski definition) is 5. The van der Waals surface area contributed by atoms with Crippen LogP contribution in [0.15, 0.2) is 152 Å². The van der Waals surface area contributed by atoms with Crippen LogP contribution < -0.4 is 4.90 Å². The molecule has 0 spiro atoms. The molecule has 3 heterocycles. The van der Waals surface area contributed by atoms with E-state index in [0.29, 0.717) is 0 Å². The van der Waals surface area contributed by atoms with Gasteiger partial charge in [0.1, 0.15) is 0 Å². The molecule has 9 rings (SSSR count). The van der Waals surface area contributed by atoms with E-state index in [4.69, 9.17) is 9.97 Å². The minimum Gasteiger partial charge on any atom is -0.308 e. The molecular weight excluding hydrogens is 587 g/mol. The highest BCUT2D eigenvalue weighted by atomic mass is 32.1. The predicted octanol–water partition coefficient (Wildman–Crippen LogP) is 12.0. The smallest absolute Gasteiger partial charge is 0.159 e. The van der Waals surface area contributed by atoms with Crippen molar-refractivity contribution >= 4 is 80.1 Å². The van der Waals surface area contributed by atoms with Gasteiger partial charge in [-0.3, -0.25) is 0 Å². The number of thiophene rings is 2. The number of rotatable bonds is 5. The number of fused-ring (bicyclic) bond motifs is 6. The van der Waals surface area contributed by atoms with Crippen molar-refractivity contribution in [3.05, 3.63) is 152 Å². The van der Waals surface area contributed by atoms with Crippen molar-refractivity contribution in [2.24, 2.45) is 0 Å². The minimum absolute atomic E-state index is 0.718. The Morgan fingerprint density at radius 1 is 0.422 bits per heavy atom. The molecule has 6 aromatic carbocycles. The van der Waals surface area contributed by atoms with Crippen molar-refractivity contribution in [3.63, 3.8) is 0 Å². The Kier molecular flexibility index (Phi) is 6.18. The third kappa shape index (κ3) is 4.48. The van der Waals surface area contributed by atoms with Crippen LogP contribution in [0.25, 0.3) is 62.9 Å². The first-order valence-electron chi connectivity index (χ1n) is 14.9. The molecule has 212 valence electrons. The molecule has 0 bridgehead atoms. The summed E-state index contributed by atoms with van der Waals surface area (Å²) in [6, 6.07) is 49.6. The summed E-state index contributed by atoms with van der Waals surface area (Å²) in [7, 11) is 0. The summed E-state index contributed by atoms with van der Waals surface area (Å²) in [5, 5.41) is 5.15. The van der Waals surface area contributed by atoms with Crippen LogP contribution in [-0.4, -0.2) is 9.97 Å². The maximum absolute atomic E-state index is 4.86. The van der Waals surface area contributed by atoms with Crippen LogP contribution in [-0.2, 0) is 0 Å². The maximum atomic E-state index is 4.86. The molecule has 0 fully saturated rings. The second kappa shape index (κ2) is 10.7. The number of nitrogens with zero attached hydrogens (tertiary/aromatic N) is 3. The molecule has 0 saturated heterocycles. The van der Waals surface area contributed by atoms with Crippen LogP contribution in [0.4, 0.5) is 17.1 Å². The molecule has 3 aromatic heterocycles. The van der Waals surface area contributed by atoms with Crippen molar-refractivity contribution in [2.45, 2.75) is 0 Å². The van der Waals surface area contributed by atoms with Gasteiger partial charge >= 0.3 is 0 Å². The van der Waals surface area contributed by atoms with Gasteiger partial charge in [-0.2, -0.15) is 0 Å². The standard InChI is InChI=1S/C40H25N3S2/c1-2-9-28(10-3-1)43(29-20-17-26(18-21-29)31-13-8-14-34-32-11-4-7-16-37(32)45-39(31)34)30-24-41-40(42-25-30)27-19-22-38-35(23-27)33-12-5-6-15-36(33)44-38/h1-25H. The molecule has 0 atom stereocenters. The number of para-hydroxylation sites is 1. The fraction of sp³-hybridized carbons (Fsp3) is 0. The SMILES string of the molecule is c1ccc(N(c2ccc(-c3cccc4c3sc3ccccc34)cc2)c2cnc(-c3ccc4sc5ccccc5c4c3)nc2)cc1. The second-order valence-corrected chi connectivity index (χ2v) is 13.2. The Morgan fingerprint density at radius 2 is 1.02 bits per heavy atom. The average Bonchev–Trinajstić information content (AvgIpc) is 3.68. The van der Waals surface area contributed by atoms with E-state index in [-0.39, 0.29) is 0 Å². The fourth-order valence-corrected chi connectivity index (χ4v) is 8.56. The molecule has 0 aliphatic carbocycles. The largest absolute Gasteiger partial charge is 0.308 e. The van der Waals surface area contributed by atoms with Crippen LogP contribution in [0.5, 0.6) is 0 Å². The third-order valence-corrected chi connectivity index (χ3v) is 10.8. The zero-order valence-corrected chi connectivity index (χ0v) is 25.7. The lowest BCUT2D eigenvalue weighted by atomic mass is 10.0. The van der Waals surface area contributed by atoms with Crippen molar-refractivity contribution in [1.29, 1.82) is 0 Å². The third-order valence-electron chi connectivity index (χ3n) is 8.39. The highest BCUT2D eigenvalue weighted by Crippen LogP contribution is 2.41.